The zero-order valence-electron chi connectivity index (χ0n) is 13.5. The fraction of sp³-hybridized carbons (Fsp3) is 0.867. The standard InChI is InChI=1S/C15H29N5O/c1-4-5-14(16)15-11-20(18-17-15)10-13-9-19(6-7-21-13)8-12(2)3/h11-14H,4-10,16H2,1-3H3. The van der Waals surface area contributed by atoms with Crippen LogP contribution in [0.2, 0.25) is 0 Å². The van der Waals surface area contributed by atoms with Gasteiger partial charge in [-0.15, -0.1) is 5.10 Å². The molecule has 0 aromatic carbocycles. The van der Waals surface area contributed by atoms with Gasteiger partial charge in [-0.05, 0) is 12.3 Å². The highest BCUT2D eigenvalue weighted by molar-refractivity contribution is 4.99. The van der Waals surface area contributed by atoms with E-state index in [2.05, 4.69) is 36.0 Å². The van der Waals surface area contributed by atoms with E-state index in [4.69, 9.17) is 10.5 Å². The zero-order chi connectivity index (χ0) is 15.2. The topological polar surface area (TPSA) is 69.2 Å². The molecule has 0 amide bonds. The van der Waals surface area contributed by atoms with Crippen LogP contribution in [0, 0.1) is 5.92 Å². The molecule has 2 atom stereocenters. The molecule has 1 fully saturated rings. The van der Waals surface area contributed by atoms with E-state index in [0.29, 0.717) is 5.92 Å². The van der Waals surface area contributed by atoms with Crippen LogP contribution < -0.4 is 5.73 Å². The Hall–Kier alpha value is -0.980. The summed E-state index contributed by atoms with van der Waals surface area (Å²) in [5, 5.41) is 8.37. The molecule has 6 nitrogen and oxygen atoms in total. The second kappa shape index (κ2) is 7.87. The summed E-state index contributed by atoms with van der Waals surface area (Å²) < 4.78 is 7.72. The normalized spacial score (nSPS) is 21.9. The van der Waals surface area contributed by atoms with Crippen LogP contribution in [0.25, 0.3) is 0 Å². The highest BCUT2D eigenvalue weighted by Crippen LogP contribution is 2.13. The van der Waals surface area contributed by atoms with Crippen molar-refractivity contribution in [2.24, 2.45) is 11.7 Å². The Morgan fingerprint density at radius 2 is 2.29 bits per heavy atom. The zero-order valence-corrected chi connectivity index (χ0v) is 13.5. The third-order valence-corrected chi connectivity index (χ3v) is 3.77. The van der Waals surface area contributed by atoms with Crippen LogP contribution in [0.4, 0.5) is 0 Å². The fourth-order valence-corrected chi connectivity index (χ4v) is 2.81. The van der Waals surface area contributed by atoms with Crippen molar-refractivity contribution < 1.29 is 4.74 Å². The van der Waals surface area contributed by atoms with E-state index in [9.17, 15) is 0 Å². The van der Waals surface area contributed by atoms with Crippen molar-refractivity contribution in [1.29, 1.82) is 0 Å². The SMILES string of the molecule is CCCC(N)c1cn(CC2CN(CC(C)C)CCO2)nn1. The lowest BCUT2D eigenvalue weighted by Gasteiger charge is -2.33. The number of ether oxygens (including phenoxy) is 1. The average Bonchev–Trinajstić information content (AvgIpc) is 2.87. The molecular formula is C15H29N5O. The van der Waals surface area contributed by atoms with E-state index < -0.39 is 0 Å². The van der Waals surface area contributed by atoms with Crippen molar-refractivity contribution in [3.8, 4) is 0 Å². The number of morpholine rings is 1. The minimum atomic E-state index is -0.00605. The molecule has 0 bridgehead atoms. The fourth-order valence-electron chi connectivity index (χ4n) is 2.81. The van der Waals surface area contributed by atoms with Gasteiger partial charge in [-0.2, -0.15) is 0 Å². The predicted molar refractivity (Wildman–Crippen MR) is 82.9 cm³/mol. The Balaban J connectivity index is 1.86. The van der Waals surface area contributed by atoms with Crippen LogP contribution in [-0.2, 0) is 11.3 Å². The highest BCUT2D eigenvalue weighted by Gasteiger charge is 2.22. The molecule has 0 saturated carbocycles. The molecule has 2 heterocycles. The Labute approximate surface area is 127 Å². The van der Waals surface area contributed by atoms with Gasteiger partial charge in [-0.3, -0.25) is 4.90 Å². The number of hydrogen-bond donors (Lipinski definition) is 1. The Kier molecular flexibility index (Phi) is 6.14. The van der Waals surface area contributed by atoms with Gasteiger partial charge < -0.3 is 10.5 Å². The van der Waals surface area contributed by atoms with Crippen LogP contribution >= 0.6 is 0 Å². The monoisotopic (exact) mass is 295 g/mol. The Morgan fingerprint density at radius 1 is 1.48 bits per heavy atom. The summed E-state index contributed by atoms with van der Waals surface area (Å²) in [5.74, 6) is 0.689. The summed E-state index contributed by atoms with van der Waals surface area (Å²) in [6, 6.07) is -0.00605. The quantitative estimate of drug-likeness (QED) is 0.824. The summed E-state index contributed by atoms with van der Waals surface area (Å²) >= 11 is 0. The summed E-state index contributed by atoms with van der Waals surface area (Å²) in [6.07, 6.45) is 4.16. The lowest BCUT2D eigenvalue weighted by atomic mass is 10.1. The number of aromatic nitrogens is 3. The minimum Gasteiger partial charge on any atom is -0.374 e. The largest absolute Gasteiger partial charge is 0.374 e. The first kappa shape index (κ1) is 16.4. The van der Waals surface area contributed by atoms with Crippen LogP contribution in [0.5, 0.6) is 0 Å². The maximum absolute atomic E-state index is 6.07. The first-order valence-corrected chi connectivity index (χ1v) is 8.08. The van der Waals surface area contributed by atoms with E-state index in [0.717, 1.165) is 51.3 Å². The van der Waals surface area contributed by atoms with Gasteiger partial charge in [0.2, 0.25) is 0 Å². The second-order valence-electron chi connectivity index (χ2n) is 6.41. The first-order chi connectivity index (χ1) is 10.1. The maximum atomic E-state index is 6.07. The van der Waals surface area contributed by atoms with Gasteiger partial charge in [0.05, 0.1) is 37.2 Å². The second-order valence-corrected chi connectivity index (χ2v) is 6.41. The van der Waals surface area contributed by atoms with Crippen molar-refractivity contribution in [2.45, 2.75) is 52.3 Å². The van der Waals surface area contributed by atoms with Crippen LogP contribution in [0.3, 0.4) is 0 Å². The Bertz CT molecular complexity index is 420. The van der Waals surface area contributed by atoms with E-state index in [1.54, 1.807) is 0 Å². The van der Waals surface area contributed by atoms with Gasteiger partial charge in [0, 0.05) is 19.6 Å². The lowest BCUT2D eigenvalue weighted by molar-refractivity contribution is -0.0406. The molecule has 0 spiro atoms. The summed E-state index contributed by atoms with van der Waals surface area (Å²) in [6.45, 7) is 11.3. The first-order valence-electron chi connectivity index (χ1n) is 8.08. The lowest BCUT2D eigenvalue weighted by Crippen LogP contribution is -2.45. The Morgan fingerprint density at radius 3 is 3.00 bits per heavy atom. The van der Waals surface area contributed by atoms with E-state index in [1.165, 1.54) is 0 Å². The van der Waals surface area contributed by atoms with Gasteiger partial charge in [0.1, 0.15) is 0 Å². The smallest absolute Gasteiger partial charge is 0.0994 e. The van der Waals surface area contributed by atoms with Crippen molar-refractivity contribution in [3.05, 3.63) is 11.9 Å². The number of nitrogens with two attached hydrogens (primary N) is 1. The van der Waals surface area contributed by atoms with Crippen LogP contribution in [0.15, 0.2) is 6.20 Å². The minimum absolute atomic E-state index is 0.00605. The molecule has 120 valence electrons. The number of rotatable bonds is 7. The van der Waals surface area contributed by atoms with Gasteiger partial charge in [0.15, 0.2) is 0 Å². The van der Waals surface area contributed by atoms with Gasteiger partial charge in [0.25, 0.3) is 0 Å². The van der Waals surface area contributed by atoms with Gasteiger partial charge >= 0.3 is 0 Å². The van der Waals surface area contributed by atoms with Crippen molar-refractivity contribution in [3.63, 3.8) is 0 Å². The third kappa shape index (κ3) is 5.05. The van der Waals surface area contributed by atoms with Crippen LogP contribution in [0.1, 0.15) is 45.3 Å². The van der Waals surface area contributed by atoms with Crippen molar-refractivity contribution >= 4 is 0 Å². The maximum Gasteiger partial charge on any atom is 0.0994 e. The predicted octanol–water partition coefficient (Wildman–Crippen LogP) is 1.43. The molecule has 0 aliphatic carbocycles. The summed E-state index contributed by atoms with van der Waals surface area (Å²) in [4.78, 5) is 2.47. The van der Waals surface area contributed by atoms with Crippen molar-refractivity contribution in [2.75, 3.05) is 26.2 Å². The summed E-state index contributed by atoms with van der Waals surface area (Å²) in [7, 11) is 0. The van der Waals surface area contributed by atoms with Crippen molar-refractivity contribution in [1.82, 2.24) is 19.9 Å². The van der Waals surface area contributed by atoms with Crippen LogP contribution in [-0.4, -0.2) is 52.2 Å². The number of hydrogen-bond acceptors (Lipinski definition) is 5. The molecule has 2 N–H and O–H groups in total. The van der Waals surface area contributed by atoms with E-state index >= 15 is 0 Å². The summed E-state index contributed by atoms with van der Waals surface area (Å²) in [5.41, 5.74) is 6.95. The molecule has 1 aliphatic rings. The molecule has 2 rings (SSSR count). The van der Waals surface area contributed by atoms with Gasteiger partial charge in [-0.1, -0.05) is 32.4 Å². The van der Waals surface area contributed by atoms with E-state index in [1.807, 2.05) is 10.9 Å². The average molecular weight is 295 g/mol. The molecule has 1 aromatic rings. The molecule has 6 heteroatoms. The molecule has 1 saturated heterocycles. The number of nitrogens with zero attached hydrogens (tertiary/aromatic N) is 4. The molecule has 2 unspecified atom stereocenters. The molecule has 0 radical (unpaired) electrons. The molecular weight excluding hydrogens is 266 g/mol. The molecule has 21 heavy (non-hydrogen) atoms. The third-order valence-electron chi connectivity index (χ3n) is 3.77. The highest BCUT2D eigenvalue weighted by atomic mass is 16.5. The molecule has 1 aromatic heterocycles. The van der Waals surface area contributed by atoms with Gasteiger partial charge in [-0.25, -0.2) is 4.68 Å². The van der Waals surface area contributed by atoms with E-state index in [-0.39, 0.29) is 12.1 Å². The molecule has 1 aliphatic heterocycles.